The van der Waals surface area contributed by atoms with Crippen LogP contribution in [0.5, 0.6) is 5.75 Å². The first-order chi connectivity index (χ1) is 11.2. The van der Waals surface area contributed by atoms with Crippen molar-refractivity contribution in [2.45, 2.75) is 52.2 Å². The molecule has 1 aromatic rings. The van der Waals surface area contributed by atoms with Crippen molar-refractivity contribution >= 4 is 29.3 Å². The topological polar surface area (TPSA) is 38.8 Å². The summed E-state index contributed by atoms with van der Waals surface area (Å²) in [6.45, 7) is 9.02. The average molecular weight is 374 g/mol. The van der Waals surface area contributed by atoms with E-state index in [0.29, 0.717) is 28.9 Å². The Morgan fingerprint density at radius 2 is 2.08 bits per heavy atom. The third-order valence-electron chi connectivity index (χ3n) is 3.98. The van der Waals surface area contributed by atoms with E-state index < -0.39 is 5.60 Å². The summed E-state index contributed by atoms with van der Waals surface area (Å²) in [5.74, 6) is 0.887. The van der Waals surface area contributed by atoms with Gasteiger partial charge in [0.2, 0.25) is 0 Å². The molecule has 6 heteroatoms. The summed E-state index contributed by atoms with van der Waals surface area (Å²) in [4.78, 5) is 13.9. The van der Waals surface area contributed by atoms with E-state index in [0.717, 1.165) is 12.8 Å². The number of ether oxygens (including phenoxy) is 2. The monoisotopic (exact) mass is 373 g/mol. The number of hydrogen-bond acceptors (Lipinski definition) is 3. The Morgan fingerprint density at radius 3 is 2.67 bits per heavy atom. The van der Waals surface area contributed by atoms with Gasteiger partial charge in [0.1, 0.15) is 17.5 Å². The average Bonchev–Trinajstić information content (AvgIpc) is 2.94. The molecule has 0 N–H and O–H groups in total. The Bertz CT molecular complexity index is 586. The molecule has 1 saturated heterocycles. The number of rotatable bonds is 4. The van der Waals surface area contributed by atoms with Crippen molar-refractivity contribution in [1.82, 2.24) is 4.90 Å². The number of hydrogen-bond donors (Lipinski definition) is 0. The standard InChI is InChI=1S/C18H25Cl2NO3/c1-5-15(23-16-7-6-13(19)10-14(16)20)12-8-9-21(11-12)17(22)24-18(2,3)4/h6-7,10,12,15H,5,8-9,11H2,1-4H3/t12?,15-/m0/s1. The fourth-order valence-electron chi connectivity index (χ4n) is 2.83. The van der Waals surface area contributed by atoms with Gasteiger partial charge in [0.25, 0.3) is 0 Å². The predicted molar refractivity (Wildman–Crippen MR) is 97.1 cm³/mol. The van der Waals surface area contributed by atoms with Gasteiger partial charge in [-0.15, -0.1) is 0 Å². The summed E-state index contributed by atoms with van der Waals surface area (Å²) in [7, 11) is 0. The van der Waals surface area contributed by atoms with Crippen molar-refractivity contribution in [2.75, 3.05) is 13.1 Å². The SMILES string of the molecule is CC[C@H](Oc1ccc(Cl)cc1Cl)C1CCN(C(=O)OC(C)(C)C)C1. The van der Waals surface area contributed by atoms with Gasteiger partial charge in [-0.3, -0.25) is 0 Å². The molecule has 0 spiro atoms. The molecule has 1 aromatic carbocycles. The Morgan fingerprint density at radius 1 is 1.38 bits per heavy atom. The van der Waals surface area contributed by atoms with E-state index in [2.05, 4.69) is 6.92 Å². The van der Waals surface area contributed by atoms with Crippen LogP contribution >= 0.6 is 23.2 Å². The highest BCUT2D eigenvalue weighted by atomic mass is 35.5. The zero-order chi connectivity index (χ0) is 17.9. The highest BCUT2D eigenvalue weighted by Gasteiger charge is 2.34. The summed E-state index contributed by atoms with van der Waals surface area (Å²) in [5.41, 5.74) is -0.480. The third-order valence-corrected chi connectivity index (χ3v) is 4.51. The van der Waals surface area contributed by atoms with Crippen molar-refractivity contribution in [3.05, 3.63) is 28.2 Å². The lowest BCUT2D eigenvalue weighted by Gasteiger charge is -2.26. The summed E-state index contributed by atoms with van der Waals surface area (Å²) >= 11 is 12.1. The first kappa shape index (κ1) is 19.2. The van der Waals surface area contributed by atoms with Crippen molar-refractivity contribution in [1.29, 1.82) is 0 Å². The van der Waals surface area contributed by atoms with Crippen LogP contribution in [0, 0.1) is 5.92 Å². The largest absolute Gasteiger partial charge is 0.489 e. The van der Waals surface area contributed by atoms with E-state index in [1.54, 1.807) is 23.1 Å². The number of likely N-dealkylation sites (tertiary alicyclic amines) is 1. The zero-order valence-corrected chi connectivity index (χ0v) is 16.2. The minimum atomic E-state index is -0.480. The summed E-state index contributed by atoms with van der Waals surface area (Å²) in [6.07, 6.45) is 1.47. The van der Waals surface area contributed by atoms with Crippen molar-refractivity contribution in [2.24, 2.45) is 5.92 Å². The quantitative estimate of drug-likeness (QED) is 0.708. The van der Waals surface area contributed by atoms with Crippen molar-refractivity contribution in [3.8, 4) is 5.75 Å². The number of amides is 1. The summed E-state index contributed by atoms with van der Waals surface area (Å²) in [6, 6.07) is 5.22. The molecule has 24 heavy (non-hydrogen) atoms. The molecule has 1 unspecified atom stereocenters. The summed E-state index contributed by atoms with van der Waals surface area (Å²) < 4.78 is 11.5. The fraction of sp³-hybridized carbons (Fsp3) is 0.611. The molecule has 1 heterocycles. The number of nitrogens with zero attached hydrogens (tertiary/aromatic N) is 1. The van der Waals surface area contributed by atoms with Gasteiger partial charge in [0.15, 0.2) is 0 Å². The molecule has 4 nitrogen and oxygen atoms in total. The minimum absolute atomic E-state index is 0.00360. The van der Waals surface area contributed by atoms with E-state index in [1.165, 1.54) is 0 Å². The first-order valence-electron chi connectivity index (χ1n) is 8.29. The summed E-state index contributed by atoms with van der Waals surface area (Å²) in [5, 5.41) is 1.08. The second-order valence-corrected chi connectivity index (χ2v) is 7.96. The maximum absolute atomic E-state index is 12.2. The molecule has 1 aliphatic rings. The van der Waals surface area contributed by atoms with Gasteiger partial charge >= 0.3 is 6.09 Å². The normalized spacial score (nSPS) is 19.2. The number of carbonyl (C=O) groups is 1. The van der Waals surface area contributed by atoms with Crippen LogP contribution in [0.1, 0.15) is 40.5 Å². The van der Waals surface area contributed by atoms with Gasteiger partial charge in [0.05, 0.1) is 5.02 Å². The molecular formula is C18H25Cl2NO3. The molecule has 1 amide bonds. The van der Waals surface area contributed by atoms with Crippen LogP contribution in [-0.2, 0) is 4.74 Å². The maximum Gasteiger partial charge on any atom is 0.410 e. The highest BCUT2D eigenvalue weighted by Crippen LogP contribution is 2.32. The Balaban J connectivity index is 1.98. The molecule has 2 rings (SSSR count). The van der Waals surface area contributed by atoms with Gasteiger partial charge in [0, 0.05) is 24.0 Å². The van der Waals surface area contributed by atoms with Crippen LogP contribution in [0.25, 0.3) is 0 Å². The second-order valence-electron chi connectivity index (χ2n) is 7.11. The van der Waals surface area contributed by atoms with E-state index >= 15 is 0 Å². The number of halogens is 2. The van der Waals surface area contributed by atoms with Crippen LogP contribution in [-0.4, -0.2) is 35.8 Å². The molecule has 0 radical (unpaired) electrons. The van der Waals surface area contributed by atoms with Crippen LogP contribution in [0.4, 0.5) is 4.79 Å². The van der Waals surface area contributed by atoms with Gasteiger partial charge < -0.3 is 14.4 Å². The number of benzene rings is 1. The van der Waals surface area contributed by atoms with E-state index in [1.807, 2.05) is 20.8 Å². The van der Waals surface area contributed by atoms with Gasteiger partial charge in [-0.25, -0.2) is 4.79 Å². The van der Waals surface area contributed by atoms with Gasteiger partial charge in [-0.05, 0) is 51.8 Å². The molecule has 0 aromatic heterocycles. The Kier molecular flexibility index (Phi) is 6.27. The van der Waals surface area contributed by atoms with E-state index in [-0.39, 0.29) is 18.1 Å². The number of carbonyl (C=O) groups excluding carboxylic acids is 1. The van der Waals surface area contributed by atoms with Crippen LogP contribution in [0.2, 0.25) is 10.0 Å². The smallest absolute Gasteiger partial charge is 0.410 e. The van der Waals surface area contributed by atoms with Crippen molar-refractivity contribution in [3.63, 3.8) is 0 Å². The zero-order valence-electron chi connectivity index (χ0n) is 14.6. The maximum atomic E-state index is 12.2. The van der Waals surface area contributed by atoms with Crippen molar-refractivity contribution < 1.29 is 14.3 Å². The van der Waals surface area contributed by atoms with Crippen LogP contribution < -0.4 is 4.74 Å². The van der Waals surface area contributed by atoms with E-state index in [9.17, 15) is 4.79 Å². The second kappa shape index (κ2) is 7.83. The molecule has 2 atom stereocenters. The molecule has 0 aliphatic carbocycles. The molecular weight excluding hydrogens is 349 g/mol. The molecule has 134 valence electrons. The Labute approximate surface area is 154 Å². The first-order valence-corrected chi connectivity index (χ1v) is 9.05. The lowest BCUT2D eigenvalue weighted by molar-refractivity contribution is 0.0273. The predicted octanol–water partition coefficient (Wildman–Crippen LogP) is 5.41. The molecule has 1 aliphatic heterocycles. The Hall–Kier alpha value is -1.13. The lowest BCUT2D eigenvalue weighted by Crippen LogP contribution is -2.37. The third kappa shape index (κ3) is 5.18. The lowest BCUT2D eigenvalue weighted by atomic mass is 9.99. The van der Waals surface area contributed by atoms with E-state index in [4.69, 9.17) is 32.7 Å². The molecule has 0 saturated carbocycles. The fourth-order valence-corrected chi connectivity index (χ4v) is 3.28. The van der Waals surface area contributed by atoms with Gasteiger partial charge in [-0.1, -0.05) is 30.1 Å². The minimum Gasteiger partial charge on any atom is -0.489 e. The highest BCUT2D eigenvalue weighted by molar-refractivity contribution is 6.35. The molecule has 1 fully saturated rings. The van der Waals surface area contributed by atoms with Gasteiger partial charge in [-0.2, -0.15) is 0 Å². The molecule has 0 bridgehead atoms. The van der Waals surface area contributed by atoms with Crippen LogP contribution in [0.3, 0.4) is 0 Å². The van der Waals surface area contributed by atoms with Crippen LogP contribution in [0.15, 0.2) is 18.2 Å².